The second-order valence-electron chi connectivity index (χ2n) is 6.19. The van der Waals surface area contributed by atoms with Gasteiger partial charge >= 0.3 is 159 Å². The average Bonchev–Trinajstić information content (AvgIpc) is 3.07. The van der Waals surface area contributed by atoms with Crippen LogP contribution in [-0.4, -0.2) is 0 Å². The van der Waals surface area contributed by atoms with Crippen LogP contribution in [0.2, 0.25) is 0 Å². The average molecular weight is 431 g/mol. The molecule has 1 heteroatoms. The fraction of sp³-hybridized carbons (Fsp3) is 0. The van der Waals surface area contributed by atoms with E-state index >= 15 is 0 Å². The Hall–Kier alpha value is -2.39. The van der Waals surface area contributed by atoms with Crippen molar-refractivity contribution < 1.29 is 21.2 Å². The molecule has 0 aromatic heterocycles. The third-order valence-corrected chi connectivity index (χ3v) is 7.86. The molecular formula is C24H16I-. The monoisotopic (exact) mass is 431 g/mol. The number of benzene rings is 4. The van der Waals surface area contributed by atoms with Gasteiger partial charge in [-0.05, 0) is 0 Å². The molecule has 0 bridgehead atoms. The standard InChI is InChI=1S/C24H16I/c1-2-8-17(9-3-1)18-10-6-11-19(16-18)20-13-7-14-22-21-12-4-5-15-23(21)25-24(20)22/h1-16H/q-1. The Balaban J connectivity index is 1.65. The molecule has 0 atom stereocenters. The minimum absolute atomic E-state index is 0.110. The molecule has 1 aliphatic rings. The van der Waals surface area contributed by atoms with Crippen LogP contribution in [0.1, 0.15) is 0 Å². The summed E-state index contributed by atoms with van der Waals surface area (Å²) in [5.41, 5.74) is 8.15. The van der Waals surface area contributed by atoms with Crippen molar-refractivity contribution in [2.24, 2.45) is 0 Å². The van der Waals surface area contributed by atoms with Crippen LogP contribution in [-0.2, 0) is 0 Å². The number of halogens is 1. The Bertz CT molecular complexity index is 1060. The molecule has 0 radical (unpaired) electrons. The van der Waals surface area contributed by atoms with Crippen LogP contribution < -0.4 is 21.2 Å². The summed E-state index contributed by atoms with van der Waals surface area (Å²) in [5, 5.41) is 0. The summed E-state index contributed by atoms with van der Waals surface area (Å²) in [5.74, 6) is 0. The molecule has 0 nitrogen and oxygen atoms in total. The molecule has 0 amide bonds. The molecule has 1 heterocycles. The Morgan fingerprint density at radius 2 is 1.08 bits per heavy atom. The molecule has 0 saturated carbocycles. The molecule has 4 aromatic rings. The molecule has 5 rings (SSSR count). The van der Waals surface area contributed by atoms with Crippen LogP contribution in [0.3, 0.4) is 0 Å². The van der Waals surface area contributed by atoms with Crippen molar-refractivity contribution in [3.05, 3.63) is 104 Å². The van der Waals surface area contributed by atoms with E-state index in [1.54, 1.807) is 7.14 Å². The molecule has 0 aliphatic carbocycles. The molecule has 1 aliphatic heterocycles. The molecule has 0 saturated heterocycles. The minimum atomic E-state index is -0.110. The quantitative estimate of drug-likeness (QED) is 0.377. The van der Waals surface area contributed by atoms with Gasteiger partial charge in [-0.3, -0.25) is 0 Å². The van der Waals surface area contributed by atoms with Gasteiger partial charge in [-0.1, -0.05) is 0 Å². The van der Waals surface area contributed by atoms with Crippen molar-refractivity contribution in [2.45, 2.75) is 0 Å². The zero-order chi connectivity index (χ0) is 16.6. The predicted molar refractivity (Wildman–Crippen MR) is 100 cm³/mol. The fourth-order valence-corrected chi connectivity index (χ4v) is 6.70. The molecule has 0 unspecified atom stereocenters. The predicted octanol–water partition coefficient (Wildman–Crippen LogP) is 3.13. The third-order valence-electron chi connectivity index (χ3n) is 4.64. The van der Waals surface area contributed by atoms with Crippen LogP contribution in [0, 0.1) is 7.14 Å². The number of hydrogen-bond acceptors (Lipinski definition) is 0. The van der Waals surface area contributed by atoms with Crippen LogP contribution in [0.15, 0.2) is 97.1 Å². The molecular weight excluding hydrogens is 415 g/mol. The molecule has 0 fully saturated rings. The van der Waals surface area contributed by atoms with E-state index in [2.05, 4.69) is 97.1 Å². The summed E-state index contributed by atoms with van der Waals surface area (Å²) in [4.78, 5) is 0. The zero-order valence-electron chi connectivity index (χ0n) is 13.6. The number of hydrogen-bond donors (Lipinski definition) is 0. The van der Waals surface area contributed by atoms with Gasteiger partial charge in [0, 0.05) is 0 Å². The van der Waals surface area contributed by atoms with Crippen LogP contribution in [0.25, 0.3) is 33.4 Å². The van der Waals surface area contributed by atoms with E-state index in [4.69, 9.17) is 0 Å². The van der Waals surface area contributed by atoms with E-state index in [1.165, 1.54) is 33.4 Å². The number of rotatable bonds is 2. The van der Waals surface area contributed by atoms with Gasteiger partial charge in [-0.25, -0.2) is 0 Å². The zero-order valence-corrected chi connectivity index (χ0v) is 15.8. The van der Waals surface area contributed by atoms with Crippen molar-refractivity contribution in [2.75, 3.05) is 0 Å². The normalized spacial score (nSPS) is 12.2. The van der Waals surface area contributed by atoms with Gasteiger partial charge in [0.05, 0.1) is 0 Å². The summed E-state index contributed by atoms with van der Waals surface area (Å²) in [6.07, 6.45) is 0. The summed E-state index contributed by atoms with van der Waals surface area (Å²) in [6, 6.07) is 35.2. The first-order chi connectivity index (χ1) is 12.4. The molecule has 4 aromatic carbocycles. The number of fused-ring (bicyclic) bond motifs is 3. The first-order valence-electron chi connectivity index (χ1n) is 8.43. The SMILES string of the molecule is c1ccc(-c2cccc(-c3cccc4c3[I-]c3ccccc3-4)c2)cc1. The van der Waals surface area contributed by atoms with Crippen molar-refractivity contribution >= 4 is 0 Å². The molecule has 25 heavy (non-hydrogen) atoms. The van der Waals surface area contributed by atoms with E-state index < -0.39 is 0 Å². The van der Waals surface area contributed by atoms with Crippen LogP contribution in [0.4, 0.5) is 0 Å². The van der Waals surface area contributed by atoms with Crippen LogP contribution >= 0.6 is 0 Å². The topological polar surface area (TPSA) is 0 Å². The summed E-state index contributed by atoms with van der Waals surface area (Å²) in [7, 11) is 0. The Morgan fingerprint density at radius 1 is 0.440 bits per heavy atom. The van der Waals surface area contributed by atoms with Gasteiger partial charge in [0.2, 0.25) is 0 Å². The van der Waals surface area contributed by atoms with E-state index in [0.717, 1.165) is 0 Å². The van der Waals surface area contributed by atoms with Crippen molar-refractivity contribution in [1.82, 2.24) is 0 Å². The Labute approximate surface area is 158 Å². The second kappa shape index (κ2) is 6.16. The van der Waals surface area contributed by atoms with Gasteiger partial charge in [0.1, 0.15) is 0 Å². The first kappa shape index (κ1) is 14.9. The van der Waals surface area contributed by atoms with E-state index in [1.807, 2.05) is 0 Å². The second-order valence-corrected chi connectivity index (χ2v) is 8.97. The molecule has 0 N–H and O–H groups in total. The van der Waals surface area contributed by atoms with Gasteiger partial charge in [-0.15, -0.1) is 0 Å². The van der Waals surface area contributed by atoms with Crippen molar-refractivity contribution in [3.8, 4) is 33.4 Å². The maximum atomic E-state index is 2.33. The summed E-state index contributed by atoms with van der Waals surface area (Å²) < 4.78 is 3.11. The van der Waals surface area contributed by atoms with E-state index in [9.17, 15) is 0 Å². The third kappa shape index (κ3) is 2.59. The Kier molecular flexibility index (Phi) is 3.67. The Morgan fingerprint density at radius 3 is 2.00 bits per heavy atom. The van der Waals surface area contributed by atoms with Crippen molar-refractivity contribution in [3.63, 3.8) is 0 Å². The van der Waals surface area contributed by atoms with Crippen molar-refractivity contribution in [1.29, 1.82) is 0 Å². The van der Waals surface area contributed by atoms with Gasteiger partial charge in [-0.2, -0.15) is 0 Å². The molecule has 0 spiro atoms. The van der Waals surface area contributed by atoms with Gasteiger partial charge < -0.3 is 0 Å². The first-order valence-corrected chi connectivity index (χ1v) is 10.6. The molecule has 120 valence electrons. The fourth-order valence-electron chi connectivity index (χ4n) is 3.43. The van der Waals surface area contributed by atoms with E-state index in [0.29, 0.717) is 0 Å². The van der Waals surface area contributed by atoms with Gasteiger partial charge in [0.25, 0.3) is 0 Å². The van der Waals surface area contributed by atoms with Gasteiger partial charge in [0.15, 0.2) is 0 Å². The maximum absolute atomic E-state index is 2.33. The van der Waals surface area contributed by atoms with Crippen LogP contribution in [0.5, 0.6) is 0 Å². The van der Waals surface area contributed by atoms with E-state index in [-0.39, 0.29) is 21.2 Å². The summed E-state index contributed by atoms with van der Waals surface area (Å²) in [6.45, 7) is 0. The summed E-state index contributed by atoms with van der Waals surface area (Å²) >= 11 is -0.110.